The summed E-state index contributed by atoms with van der Waals surface area (Å²) in [5, 5.41) is 0. The van der Waals surface area contributed by atoms with Crippen LogP contribution >= 0.6 is 15.9 Å². The van der Waals surface area contributed by atoms with E-state index in [1.165, 1.54) is 0 Å². The third kappa shape index (κ3) is 3.91. The van der Waals surface area contributed by atoms with Crippen LogP contribution in [0, 0.1) is 6.92 Å². The fourth-order valence-electron chi connectivity index (χ4n) is 3.25. The minimum Gasteiger partial charge on any atom is -0.496 e. The quantitative estimate of drug-likeness (QED) is 0.449. The van der Waals surface area contributed by atoms with Gasteiger partial charge in [0, 0.05) is 15.6 Å². The molecular formula is C24H19BrO4. The molecule has 0 radical (unpaired) electrons. The third-order valence-electron chi connectivity index (χ3n) is 4.76. The minimum atomic E-state index is -0.126. The zero-order valence-corrected chi connectivity index (χ0v) is 17.7. The number of Topliss-reactive ketones (excluding diaryl/α,β-unsaturated/α-hetero) is 1. The Bertz CT molecular complexity index is 1120. The Kier molecular flexibility index (Phi) is 5.41. The first-order valence-electron chi connectivity index (χ1n) is 9.15. The molecule has 4 rings (SSSR count). The predicted molar refractivity (Wildman–Crippen MR) is 116 cm³/mol. The van der Waals surface area contributed by atoms with Crippen LogP contribution in [0.15, 0.2) is 70.9 Å². The van der Waals surface area contributed by atoms with Gasteiger partial charge in [0.1, 0.15) is 23.9 Å². The Morgan fingerprint density at radius 3 is 2.66 bits per heavy atom. The van der Waals surface area contributed by atoms with E-state index in [0.29, 0.717) is 29.4 Å². The molecule has 0 aromatic heterocycles. The molecule has 1 aliphatic heterocycles. The topological polar surface area (TPSA) is 44.8 Å². The Balaban J connectivity index is 1.58. The van der Waals surface area contributed by atoms with E-state index >= 15 is 0 Å². The van der Waals surface area contributed by atoms with Crippen LogP contribution in [0.4, 0.5) is 0 Å². The molecule has 0 amide bonds. The fraction of sp³-hybridized carbons (Fsp3) is 0.125. The van der Waals surface area contributed by atoms with Crippen LogP contribution in [-0.2, 0) is 6.61 Å². The molecule has 0 atom stereocenters. The largest absolute Gasteiger partial charge is 0.496 e. The molecule has 146 valence electrons. The van der Waals surface area contributed by atoms with E-state index in [1.54, 1.807) is 19.3 Å². The highest BCUT2D eigenvalue weighted by Gasteiger charge is 2.30. The Morgan fingerprint density at radius 1 is 1.03 bits per heavy atom. The summed E-state index contributed by atoms with van der Waals surface area (Å²) < 4.78 is 18.2. The zero-order valence-electron chi connectivity index (χ0n) is 16.1. The minimum absolute atomic E-state index is 0.126. The van der Waals surface area contributed by atoms with Gasteiger partial charge in [-0.1, -0.05) is 46.3 Å². The van der Waals surface area contributed by atoms with Crippen molar-refractivity contribution in [2.45, 2.75) is 13.5 Å². The average Bonchev–Trinajstić information content (AvgIpc) is 3.04. The van der Waals surface area contributed by atoms with Crippen LogP contribution < -0.4 is 14.2 Å². The maximum atomic E-state index is 12.8. The van der Waals surface area contributed by atoms with Crippen LogP contribution in [0.5, 0.6) is 17.2 Å². The van der Waals surface area contributed by atoms with E-state index in [9.17, 15) is 4.79 Å². The van der Waals surface area contributed by atoms with Crippen LogP contribution in [0.3, 0.4) is 0 Å². The summed E-state index contributed by atoms with van der Waals surface area (Å²) >= 11 is 3.44. The summed E-state index contributed by atoms with van der Waals surface area (Å²) in [5.74, 6) is 2.18. The molecule has 1 heterocycles. The molecule has 0 unspecified atom stereocenters. The first-order valence-corrected chi connectivity index (χ1v) is 9.94. The standard InChI is InChI=1S/C24H19BrO4/c1-15-20(28-14-17-7-3-4-9-21(17)27-2)11-10-19-23(26)22(29-24(15)19)13-16-6-5-8-18(25)12-16/h3-13H,14H2,1-2H3/b22-13-. The molecule has 3 aromatic rings. The molecule has 29 heavy (non-hydrogen) atoms. The van der Waals surface area contributed by atoms with Crippen LogP contribution in [0.1, 0.15) is 27.0 Å². The Labute approximate surface area is 177 Å². The van der Waals surface area contributed by atoms with Gasteiger partial charge >= 0.3 is 0 Å². The van der Waals surface area contributed by atoms with Crippen molar-refractivity contribution < 1.29 is 19.0 Å². The molecule has 1 aliphatic rings. The van der Waals surface area contributed by atoms with Gasteiger partial charge in [-0.15, -0.1) is 0 Å². The normalized spacial score (nSPS) is 13.9. The lowest BCUT2D eigenvalue weighted by Gasteiger charge is -2.13. The second kappa shape index (κ2) is 8.13. The van der Waals surface area contributed by atoms with Gasteiger partial charge in [-0.3, -0.25) is 4.79 Å². The van der Waals surface area contributed by atoms with E-state index in [4.69, 9.17) is 14.2 Å². The van der Waals surface area contributed by atoms with Gasteiger partial charge in [0.25, 0.3) is 0 Å². The number of carbonyl (C=O) groups excluding carboxylic acids is 1. The molecule has 0 N–H and O–H groups in total. The predicted octanol–water partition coefficient (Wildman–Crippen LogP) is 5.96. The van der Waals surface area contributed by atoms with Crippen LogP contribution in [0.2, 0.25) is 0 Å². The number of halogens is 1. The van der Waals surface area contributed by atoms with Crippen molar-refractivity contribution >= 4 is 27.8 Å². The summed E-state index contributed by atoms with van der Waals surface area (Å²) in [4.78, 5) is 12.8. The van der Waals surface area contributed by atoms with Gasteiger partial charge in [-0.05, 0) is 48.9 Å². The number of hydrogen-bond donors (Lipinski definition) is 0. The number of hydrogen-bond acceptors (Lipinski definition) is 4. The Hall–Kier alpha value is -3.05. The molecule has 0 bridgehead atoms. The lowest BCUT2D eigenvalue weighted by Crippen LogP contribution is -2.00. The number of allylic oxidation sites excluding steroid dienone is 1. The summed E-state index contributed by atoms with van der Waals surface area (Å²) in [6.45, 7) is 2.25. The first kappa shape index (κ1) is 19.3. The second-order valence-electron chi connectivity index (χ2n) is 6.66. The molecule has 5 heteroatoms. The van der Waals surface area contributed by atoms with Crippen molar-refractivity contribution in [3.05, 3.63) is 93.1 Å². The number of methoxy groups -OCH3 is 1. The highest BCUT2D eigenvalue weighted by atomic mass is 79.9. The molecule has 0 aliphatic carbocycles. The summed E-state index contributed by atoms with van der Waals surface area (Å²) in [6, 6.07) is 19.0. The lowest BCUT2D eigenvalue weighted by atomic mass is 10.1. The molecule has 0 fully saturated rings. The molecule has 4 nitrogen and oxygen atoms in total. The van der Waals surface area contributed by atoms with Crippen LogP contribution in [-0.4, -0.2) is 12.9 Å². The first-order chi connectivity index (χ1) is 14.1. The number of rotatable bonds is 5. The SMILES string of the molecule is COc1ccccc1COc1ccc2c(c1C)O/C(=C\c1cccc(Br)c1)C2=O. The van der Waals surface area contributed by atoms with Gasteiger partial charge in [0.05, 0.1) is 12.7 Å². The smallest absolute Gasteiger partial charge is 0.231 e. The number of carbonyl (C=O) groups is 1. The third-order valence-corrected chi connectivity index (χ3v) is 5.25. The van der Waals surface area contributed by atoms with E-state index in [2.05, 4.69) is 15.9 Å². The van der Waals surface area contributed by atoms with Gasteiger partial charge < -0.3 is 14.2 Å². The summed E-state index contributed by atoms with van der Waals surface area (Å²) in [5.41, 5.74) is 3.18. The average molecular weight is 451 g/mol. The van der Waals surface area contributed by atoms with Crippen molar-refractivity contribution in [2.24, 2.45) is 0 Å². The van der Waals surface area contributed by atoms with Crippen molar-refractivity contribution in [1.29, 1.82) is 0 Å². The molecular weight excluding hydrogens is 432 g/mol. The number of benzene rings is 3. The number of para-hydroxylation sites is 1. The maximum Gasteiger partial charge on any atom is 0.231 e. The number of ether oxygens (including phenoxy) is 3. The van der Waals surface area contributed by atoms with E-state index in [0.717, 1.165) is 26.9 Å². The van der Waals surface area contributed by atoms with Crippen LogP contribution in [0.25, 0.3) is 6.08 Å². The fourth-order valence-corrected chi connectivity index (χ4v) is 3.67. The van der Waals surface area contributed by atoms with E-state index < -0.39 is 0 Å². The summed E-state index contributed by atoms with van der Waals surface area (Å²) in [7, 11) is 1.64. The highest BCUT2D eigenvalue weighted by molar-refractivity contribution is 9.10. The van der Waals surface area contributed by atoms with Gasteiger partial charge in [-0.25, -0.2) is 0 Å². The van der Waals surface area contributed by atoms with E-state index in [1.807, 2.05) is 61.5 Å². The zero-order chi connectivity index (χ0) is 20.4. The molecule has 0 spiro atoms. The maximum absolute atomic E-state index is 12.8. The summed E-state index contributed by atoms with van der Waals surface area (Å²) in [6.07, 6.45) is 1.75. The van der Waals surface area contributed by atoms with Crippen molar-refractivity contribution in [2.75, 3.05) is 7.11 Å². The van der Waals surface area contributed by atoms with Crippen molar-refractivity contribution in [3.63, 3.8) is 0 Å². The second-order valence-corrected chi connectivity index (χ2v) is 7.58. The van der Waals surface area contributed by atoms with E-state index in [-0.39, 0.29) is 5.78 Å². The number of fused-ring (bicyclic) bond motifs is 1. The monoisotopic (exact) mass is 450 g/mol. The molecule has 0 saturated heterocycles. The molecule has 0 saturated carbocycles. The van der Waals surface area contributed by atoms with Gasteiger partial charge in [0.15, 0.2) is 5.76 Å². The van der Waals surface area contributed by atoms with Crippen molar-refractivity contribution in [3.8, 4) is 17.2 Å². The number of ketones is 1. The highest BCUT2D eigenvalue weighted by Crippen LogP contribution is 2.39. The molecule has 3 aromatic carbocycles. The van der Waals surface area contributed by atoms with Gasteiger partial charge in [0.2, 0.25) is 5.78 Å². The lowest BCUT2D eigenvalue weighted by molar-refractivity contribution is 0.101. The van der Waals surface area contributed by atoms with Gasteiger partial charge in [-0.2, -0.15) is 0 Å². The Morgan fingerprint density at radius 2 is 1.86 bits per heavy atom. The van der Waals surface area contributed by atoms with Crippen molar-refractivity contribution in [1.82, 2.24) is 0 Å².